The van der Waals surface area contributed by atoms with Crippen molar-refractivity contribution in [1.82, 2.24) is 14.7 Å². The molecular weight excluding hydrogens is 422 g/mol. The monoisotopic (exact) mass is 435 g/mol. The number of fused-ring (bicyclic) bond motifs is 1. The molecule has 0 fully saturated rings. The lowest BCUT2D eigenvalue weighted by Crippen LogP contribution is -2.31. The van der Waals surface area contributed by atoms with Gasteiger partial charge in [-0.3, -0.25) is 4.68 Å². The summed E-state index contributed by atoms with van der Waals surface area (Å²) < 4.78 is 59.1. The number of ether oxygens (including phenoxy) is 1. The van der Waals surface area contributed by atoms with Crippen molar-refractivity contribution in [3.05, 3.63) is 51.6 Å². The Morgan fingerprint density at radius 3 is 2.62 bits per heavy atom. The van der Waals surface area contributed by atoms with Crippen LogP contribution in [-0.4, -0.2) is 38.4 Å². The van der Waals surface area contributed by atoms with Crippen LogP contribution in [0.2, 0.25) is 5.02 Å². The first-order chi connectivity index (χ1) is 13.6. The highest BCUT2D eigenvalue weighted by atomic mass is 35.5. The molecule has 1 aliphatic rings. The van der Waals surface area contributed by atoms with Crippen LogP contribution in [0.3, 0.4) is 0 Å². The molecule has 7 nitrogen and oxygen atoms in total. The molecule has 29 heavy (non-hydrogen) atoms. The van der Waals surface area contributed by atoms with Crippen LogP contribution < -0.4 is 0 Å². The zero-order chi connectivity index (χ0) is 21.3. The van der Waals surface area contributed by atoms with E-state index in [1.165, 1.54) is 10.7 Å². The Kier molecular flexibility index (Phi) is 5.69. The molecule has 0 aliphatic carbocycles. The summed E-state index contributed by atoms with van der Waals surface area (Å²) in [7, 11) is 0. The van der Waals surface area contributed by atoms with Gasteiger partial charge in [-0.15, -0.1) is 0 Å². The van der Waals surface area contributed by atoms with Crippen molar-refractivity contribution < 1.29 is 37.0 Å². The van der Waals surface area contributed by atoms with Gasteiger partial charge in [0.25, 0.3) is 0 Å². The number of halogens is 5. The number of alkyl halides is 3. The van der Waals surface area contributed by atoms with Gasteiger partial charge in [0.2, 0.25) is 5.69 Å². The molecule has 0 saturated carbocycles. The fraction of sp³-hybridized carbons (Fsp3) is 0.353. The standard InChI is InChI=1S/C17H14ClF4N3O4/c18-11-5-9(4-10(6-11)17(20,21)22)8-29-16(28)24-2-1-3-25-12(7-24)13(19)14(23-25)15(26)27/h4-6H,1-3,7-8H2,(H,26,27). The molecule has 156 valence electrons. The predicted octanol–water partition coefficient (Wildman–Crippen LogP) is 3.94. The number of amides is 1. The summed E-state index contributed by atoms with van der Waals surface area (Å²) in [5.74, 6) is -2.57. The SMILES string of the molecule is O=C(O)c1nn2c(c1F)CN(C(=O)OCc1cc(Cl)cc(C(F)(F)F)c1)CCC2. The molecule has 1 N–H and O–H groups in total. The average Bonchev–Trinajstić information content (AvgIpc) is 2.81. The van der Waals surface area contributed by atoms with Gasteiger partial charge in [-0.1, -0.05) is 11.6 Å². The molecule has 2 aromatic rings. The molecule has 1 amide bonds. The van der Waals surface area contributed by atoms with Crippen molar-refractivity contribution in [3.63, 3.8) is 0 Å². The second-order valence-electron chi connectivity index (χ2n) is 6.31. The highest BCUT2D eigenvalue weighted by molar-refractivity contribution is 6.30. The number of carbonyl (C=O) groups is 2. The van der Waals surface area contributed by atoms with Crippen LogP contribution in [0.5, 0.6) is 0 Å². The van der Waals surface area contributed by atoms with Gasteiger partial charge in [0, 0.05) is 18.1 Å². The van der Waals surface area contributed by atoms with Crippen LogP contribution in [0.1, 0.15) is 33.7 Å². The second kappa shape index (κ2) is 7.90. The van der Waals surface area contributed by atoms with E-state index in [4.69, 9.17) is 21.4 Å². The number of aromatic carboxylic acids is 1. The molecule has 1 aromatic heterocycles. The molecule has 1 aromatic carbocycles. The number of hydrogen-bond acceptors (Lipinski definition) is 4. The van der Waals surface area contributed by atoms with Gasteiger partial charge < -0.3 is 14.7 Å². The lowest BCUT2D eigenvalue weighted by molar-refractivity contribution is -0.137. The number of rotatable bonds is 3. The Morgan fingerprint density at radius 1 is 1.24 bits per heavy atom. The van der Waals surface area contributed by atoms with Crippen LogP contribution in [0.4, 0.5) is 22.4 Å². The van der Waals surface area contributed by atoms with E-state index in [0.717, 1.165) is 17.0 Å². The zero-order valence-electron chi connectivity index (χ0n) is 14.7. The fourth-order valence-corrected chi connectivity index (χ4v) is 3.17. The fourth-order valence-electron chi connectivity index (χ4n) is 2.91. The van der Waals surface area contributed by atoms with E-state index < -0.39 is 41.9 Å². The van der Waals surface area contributed by atoms with E-state index in [-0.39, 0.29) is 35.9 Å². The lowest BCUT2D eigenvalue weighted by Gasteiger charge is -2.20. The molecule has 0 saturated heterocycles. The summed E-state index contributed by atoms with van der Waals surface area (Å²) >= 11 is 5.69. The van der Waals surface area contributed by atoms with E-state index in [1.807, 2.05) is 0 Å². The molecular formula is C17H14ClF4N3O4. The Balaban J connectivity index is 1.72. The maximum atomic E-state index is 14.3. The number of nitrogens with zero attached hydrogens (tertiary/aromatic N) is 3. The van der Waals surface area contributed by atoms with Crippen LogP contribution in [0, 0.1) is 5.82 Å². The van der Waals surface area contributed by atoms with Crippen LogP contribution in [0.25, 0.3) is 0 Å². The summed E-state index contributed by atoms with van der Waals surface area (Å²) in [4.78, 5) is 24.5. The number of aryl methyl sites for hydroxylation is 1. The minimum atomic E-state index is -4.60. The Labute approximate surface area is 166 Å². The van der Waals surface area contributed by atoms with E-state index in [0.29, 0.717) is 6.42 Å². The van der Waals surface area contributed by atoms with Gasteiger partial charge in [-0.2, -0.15) is 18.3 Å². The highest BCUT2D eigenvalue weighted by Crippen LogP contribution is 2.32. The third kappa shape index (κ3) is 4.61. The number of carbonyl (C=O) groups excluding carboxylic acids is 1. The van der Waals surface area contributed by atoms with Crippen LogP contribution in [0.15, 0.2) is 18.2 Å². The van der Waals surface area contributed by atoms with Crippen molar-refractivity contribution in [3.8, 4) is 0 Å². The molecule has 0 radical (unpaired) electrons. The van der Waals surface area contributed by atoms with Gasteiger partial charge in [0.15, 0.2) is 5.82 Å². The molecule has 0 spiro atoms. The first-order valence-corrected chi connectivity index (χ1v) is 8.71. The second-order valence-corrected chi connectivity index (χ2v) is 6.75. The maximum Gasteiger partial charge on any atom is 0.416 e. The van der Waals surface area contributed by atoms with Crippen LogP contribution in [-0.2, 0) is 30.6 Å². The van der Waals surface area contributed by atoms with E-state index >= 15 is 0 Å². The van der Waals surface area contributed by atoms with E-state index in [9.17, 15) is 27.2 Å². The Hall–Kier alpha value is -2.82. The van der Waals surface area contributed by atoms with Gasteiger partial charge in [0.05, 0.1) is 17.8 Å². The number of hydrogen-bond donors (Lipinski definition) is 1. The molecule has 1 aliphatic heterocycles. The third-order valence-electron chi connectivity index (χ3n) is 4.24. The largest absolute Gasteiger partial charge is 0.476 e. The topological polar surface area (TPSA) is 84.7 Å². The van der Waals surface area contributed by atoms with Crippen molar-refractivity contribution in [2.24, 2.45) is 0 Å². The third-order valence-corrected chi connectivity index (χ3v) is 4.46. The van der Waals surface area contributed by atoms with Crippen molar-refractivity contribution in [1.29, 1.82) is 0 Å². The summed E-state index contributed by atoms with van der Waals surface area (Å²) in [6, 6.07) is 2.81. The quantitative estimate of drug-likeness (QED) is 0.738. The predicted molar refractivity (Wildman–Crippen MR) is 90.8 cm³/mol. The molecule has 0 atom stereocenters. The summed E-state index contributed by atoms with van der Waals surface area (Å²) in [6.07, 6.45) is -5.13. The highest BCUT2D eigenvalue weighted by Gasteiger charge is 2.32. The lowest BCUT2D eigenvalue weighted by atomic mass is 10.1. The van der Waals surface area contributed by atoms with Gasteiger partial charge in [-0.25, -0.2) is 14.0 Å². The van der Waals surface area contributed by atoms with E-state index in [2.05, 4.69) is 5.10 Å². The average molecular weight is 436 g/mol. The van der Waals surface area contributed by atoms with Crippen molar-refractivity contribution in [2.45, 2.75) is 32.3 Å². The summed E-state index contributed by atoms with van der Waals surface area (Å²) in [6.45, 7) is -0.380. The number of benzene rings is 1. The normalized spacial score (nSPS) is 14.3. The molecule has 12 heteroatoms. The number of aromatic nitrogens is 2. The van der Waals surface area contributed by atoms with E-state index in [1.54, 1.807) is 0 Å². The molecule has 0 unspecified atom stereocenters. The molecule has 2 heterocycles. The number of carboxylic acids is 1. The summed E-state index contributed by atoms with van der Waals surface area (Å²) in [5, 5.41) is 12.5. The van der Waals surface area contributed by atoms with Crippen molar-refractivity contribution in [2.75, 3.05) is 6.54 Å². The minimum Gasteiger partial charge on any atom is -0.476 e. The first kappa shape index (κ1) is 20.9. The smallest absolute Gasteiger partial charge is 0.416 e. The minimum absolute atomic E-state index is 0.0392. The van der Waals surface area contributed by atoms with Crippen LogP contribution >= 0.6 is 11.6 Å². The Bertz CT molecular complexity index is 961. The maximum absolute atomic E-state index is 14.3. The zero-order valence-corrected chi connectivity index (χ0v) is 15.4. The first-order valence-electron chi connectivity index (χ1n) is 8.33. The van der Waals surface area contributed by atoms with Gasteiger partial charge >= 0.3 is 18.2 Å². The summed E-state index contributed by atoms with van der Waals surface area (Å²) in [5.41, 5.74) is -1.76. The number of carboxylic acid groups (broad SMARTS) is 1. The van der Waals surface area contributed by atoms with Crippen molar-refractivity contribution >= 4 is 23.7 Å². The molecule has 3 rings (SSSR count). The Morgan fingerprint density at radius 2 is 1.97 bits per heavy atom. The van der Waals surface area contributed by atoms with Gasteiger partial charge in [0.1, 0.15) is 6.61 Å². The molecule has 0 bridgehead atoms. The van der Waals surface area contributed by atoms with Gasteiger partial charge in [-0.05, 0) is 30.2 Å².